The van der Waals surface area contributed by atoms with Crippen molar-refractivity contribution < 1.29 is 4.79 Å². The van der Waals surface area contributed by atoms with E-state index in [9.17, 15) is 4.79 Å². The Kier molecular flexibility index (Phi) is 2.45. The van der Waals surface area contributed by atoms with Crippen LogP contribution in [-0.4, -0.2) is 25.7 Å². The van der Waals surface area contributed by atoms with Crippen molar-refractivity contribution in [3.63, 3.8) is 0 Å². The van der Waals surface area contributed by atoms with Crippen molar-refractivity contribution in [2.24, 2.45) is 7.05 Å². The summed E-state index contributed by atoms with van der Waals surface area (Å²) in [5.41, 5.74) is 7.71. The molecule has 2 aromatic heterocycles. The number of benzene rings is 1. The Morgan fingerprint density at radius 3 is 3.05 bits per heavy atom. The second kappa shape index (κ2) is 4.13. The summed E-state index contributed by atoms with van der Waals surface area (Å²) in [5, 5.41) is 7.40. The van der Waals surface area contributed by atoms with Crippen LogP contribution in [0.15, 0.2) is 30.7 Å². The van der Waals surface area contributed by atoms with Crippen LogP contribution in [0.1, 0.15) is 10.4 Å². The minimum absolute atomic E-state index is 0.243. The normalized spacial score (nSPS) is 10.8. The van der Waals surface area contributed by atoms with Crippen LogP contribution in [0.2, 0.25) is 0 Å². The Balaban J connectivity index is 1.96. The fourth-order valence-electron chi connectivity index (χ4n) is 1.91. The number of aryl methyl sites for hydroxylation is 1. The van der Waals surface area contributed by atoms with Crippen LogP contribution in [0.25, 0.3) is 10.9 Å². The lowest BCUT2D eigenvalue weighted by atomic mass is 10.1. The zero-order valence-corrected chi connectivity index (χ0v) is 10.2. The second-order valence-electron chi connectivity index (χ2n) is 4.17. The molecule has 19 heavy (non-hydrogen) atoms. The van der Waals surface area contributed by atoms with Crippen LogP contribution in [0.3, 0.4) is 0 Å². The number of H-pyrrole nitrogens is 1. The highest BCUT2D eigenvalue weighted by atomic mass is 16.1. The number of nitrogens with one attached hydrogen (secondary N) is 2. The standard InChI is InChI=1S/C12H12N6O/c1-18-12(15-6-16-18)17-11(19)9-5-14-10-4-7(13)2-3-8(9)10/h2-6,14H,13H2,1H3,(H,15,16,17,19). The van der Waals surface area contributed by atoms with Crippen molar-refractivity contribution in [1.82, 2.24) is 19.7 Å². The number of carbonyl (C=O) groups excluding carboxylic acids is 1. The van der Waals surface area contributed by atoms with E-state index in [2.05, 4.69) is 20.4 Å². The third kappa shape index (κ3) is 1.90. The van der Waals surface area contributed by atoms with Crippen LogP contribution in [0.4, 0.5) is 11.6 Å². The Bertz CT molecular complexity index is 757. The van der Waals surface area contributed by atoms with Gasteiger partial charge in [0.25, 0.3) is 5.91 Å². The van der Waals surface area contributed by atoms with Crippen LogP contribution < -0.4 is 11.1 Å². The number of aromatic amines is 1. The van der Waals surface area contributed by atoms with E-state index in [1.54, 1.807) is 25.4 Å². The van der Waals surface area contributed by atoms with Crippen molar-refractivity contribution in [2.45, 2.75) is 0 Å². The minimum Gasteiger partial charge on any atom is -0.399 e. The molecule has 4 N–H and O–H groups in total. The van der Waals surface area contributed by atoms with Gasteiger partial charge in [-0.2, -0.15) is 10.1 Å². The predicted octanol–water partition coefficient (Wildman–Crippen LogP) is 1.13. The molecule has 7 heteroatoms. The van der Waals surface area contributed by atoms with Gasteiger partial charge in [-0.1, -0.05) is 0 Å². The molecule has 0 bridgehead atoms. The highest BCUT2D eigenvalue weighted by Gasteiger charge is 2.14. The highest BCUT2D eigenvalue weighted by molar-refractivity contribution is 6.12. The van der Waals surface area contributed by atoms with Crippen molar-refractivity contribution in [2.75, 3.05) is 11.1 Å². The molecular weight excluding hydrogens is 244 g/mol. The lowest BCUT2D eigenvalue weighted by molar-refractivity contribution is 0.102. The molecule has 0 aliphatic heterocycles. The number of hydrogen-bond donors (Lipinski definition) is 3. The number of fused-ring (bicyclic) bond motifs is 1. The molecule has 2 heterocycles. The van der Waals surface area contributed by atoms with Crippen LogP contribution >= 0.6 is 0 Å². The largest absolute Gasteiger partial charge is 0.399 e. The number of nitrogen functional groups attached to an aromatic ring is 1. The smallest absolute Gasteiger partial charge is 0.260 e. The maximum atomic E-state index is 12.2. The van der Waals surface area contributed by atoms with E-state index in [1.807, 2.05) is 6.07 Å². The van der Waals surface area contributed by atoms with E-state index in [-0.39, 0.29) is 5.91 Å². The lowest BCUT2D eigenvalue weighted by Crippen LogP contribution is -2.15. The number of nitrogens with two attached hydrogens (primary N) is 1. The molecule has 0 aliphatic rings. The minimum atomic E-state index is -0.243. The molecule has 0 atom stereocenters. The number of anilines is 2. The van der Waals surface area contributed by atoms with Crippen molar-refractivity contribution in [1.29, 1.82) is 0 Å². The maximum absolute atomic E-state index is 12.2. The van der Waals surface area contributed by atoms with Gasteiger partial charge in [-0.15, -0.1) is 0 Å². The van der Waals surface area contributed by atoms with Gasteiger partial charge in [0, 0.05) is 29.8 Å². The van der Waals surface area contributed by atoms with Gasteiger partial charge < -0.3 is 10.7 Å². The number of hydrogen-bond acceptors (Lipinski definition) is 4. The lowest BCUT2D eigenvalue weighted by Gasteiger charge is -2.02. The van der Waals surface area contributed by atoms with Gasteiger partial charge in [-0.05, 0) is 18.2 Å². The second-order valence-corrected chi connectivity index (χ2v) is 4.17. The molecule has 0 saturated carbocycles. The highest BCUT2D eigenvalue weighted by Crippen LogP contribution is 2.21. The summed E-state index contributed by atoms with van der Waals surface area (Å²) in [7, 11) is 1.71. The van der Waals surface area contributed by atoms with Crippen LogP contribution in [0.5, 0.6) is 0 Å². The fraction of sp³-hybridized carbons (Fsp3) is 0.0833. The number of carbonyl (C=O) groups is 1. The van der Waals surface area contributed by atoms with Crippen LogP contribution in [-0.2, 0) is 7.05 Å². The predicted molar refractivity (Wildman–Crippen MR) is 71.7 cm³/mol. The Hall–Kier alpha value is -2.83. The van der Waals surface area contributed by atoms with Crippen molar-refractivity contribution in [3.8, 4) is 0 Å². The molecule has 3 aromatic rings. The molecule has 3 rings (SSSR count). The quantitative estimate of drug-likeness (QED) is 0.598. The van der Waals surface area contributed by atoms with E-state index >= 15 is 0 Å². The van der Waals surface area contributed by atoms with Gasteiger partial charge in [-0.25, -0.2) is 4.68 Å². The van der Waals surface area contributed by atoms with Crippen molar-refractivity contribution in [3.05, 3.63) is 36.3 Å². The third-order valence-electron chi connectivity index (χ3n) is 2.89. The third-order valence-corrected chi connectivity index (χ3v) is 2.89. The summed E-state index contributed by atoms with van der Waals surface area (Å²) in [6.07, 6.45) is 3.03. The average molecular weight is 256 g/mol. The zero-order chi connectivity index (χ0) is 13.4. The van der Waals surface area contributed by atoms with E-state index in [0.29, 0.717) is 17.2 Å². The van der Waals surface area contributed by atoms with Gasteiger partial charge in [0.15, 0.2) is 0 Å². The number of aromatic nitrogens is 4. The Morgan fingerprint density at radius 2 is 2.32 bits per heavy atom. The fourth-order valence-corrected chi connectivity index (χ4v) is 1.91. The Morgan fingerprint density at radius 1 is 1.47 bits per heavy atom. The zero-order valence-electron chi connectivity index (χ0n) is 10.2. The molecule has 1 aromatic carbocycles. The summed E-state index contributed by atoms with van der Waals surface area (Å²) in [4.78, 5) is 19.2. The summed E-state index contributed by atoms with van der Waals surface area (Å²) < 4.78 is 1.49. The molecule has 1 amide bonds. The number of rotatable bonds is 2. The van der Waals surface area contributed by atoms with E-state index in [4.69, 9.17) is 5.73 Å². The number of amides is 1. The Labute approximate surface area is 108 Å². The molecule has 0 saturated heterocycles. The SMILES string of the molecule is Cn1ncnc1NC(=O)c1c[nH]c2cc(N)ccc12. The van der Waals surface area contributed by atoms with Crippen LogP contribution in [0, 0.1) is 0 Å². The molecule has 0 radical (unpaired) electrons. The summed E-state index contributed by atoms with van der Waals surface area (Å²) in [6, 6.07) is 5.36. The summed E-state index contributed by atoms with van der Waals surface area (Å²) in [6.45, 7) is 0. The van der Waals surface area contributed by atoms with Gasteiger partial charge in [0.2, 0.25) is 5.95 Å². The molecule has 0 fully saturated rings. The first-order chi connectivity index (χ1) is 9.15. The van der Waals surface area contributed by atoms with Gasteiger partial charge in [-0.3, -0.25) is 10.1 Å². The van der Waals surface area contributed by atoms with E-state index in [0.717, 1.165) is 10.9 Å². The molecule has 0 unspecified atom stereocenters. The maximum Gasteiger partial charge on any atom is 0.260 e. The summed E-state index contributed by atoms with van der Waals surface area (Å²) in [5.74, 6) is 0.155. The van der Waals surface area contributed by atoms with Gasteiger partial charge >= 0.3 is 0 Å². The average Bonchev–Trinajstić information content (AvgIpc) is 2.96. The first-order valence-corrected chi connectivity index (χ1v) is 5.67. The van der Waals surface area contributed by atoms with Gasteiger partial charge in [0.05, 0.1) is 5.56 Å². The van der Waals surface area contributed by atoms with E-state index in [1.165, 1.54) is 11.0 Å². The summed E-state index contributed by atoms with van der Waals surface area (Å²) >= 11 is 0. The molecule has 96 valence electrons. The first-order valence-electron chi connectivity index (χ1n) is 5.67. The topological polar surface area (TPSA) is 102 Å². The molecular formula is C12H12N6O. The molecule has 7 nitrogen and oxygen atoms in total. The van der Waals surface area contributed by atoms with Crippen molar-refractivity contribution >= 4 is 28.4 Å². The number of nitrogens with zero attached hydrogens (tertiary/aromatic N) is 3. The van der Waals surface area contributed by atoms with Gasteiger partial charge in [0.1, 0.15) is 6.33 Å². The molecule has 0 spiro atoms. The monoisotopic (exact) mass is 256 g/mol. The molecule has 0 aliphatic carbocycles. The first kappa shape index (κ1) is 11.3. The van der Waals surface area contributed by atoms with E-state index < -0.39 is 0 Å².